The van der Waals surface area contributed by atoms with Crippen molar-refractivity contribution in [1.29, 1.82) is 0 Å². The molecular formula is C23H23NO3S. The van der Waals surface area contributed by atoms with Crippen molar-refractivity contribution in [2.24, 2.45) is 0 Å². The van der Waals surface area contributed by atoms with Gasteiger partial charge in [0.25, 0.3) is 5.91 Å². The summed E-state index contributed by atoms with van der Waals surface area (Å²) >= 11 is 1.20. The summed E-state index contributed by atoms with van der Waals surface area (Å²) in [7, 11) is 0. The summed E-state index contributed by atoms with van der Waals surface area (Å²) < 4.78 is 0. The number of amides is 1. The van der Waals surface area contributed by atoms with Crippen molar-refractivity contribution in [3.8, 4) is 10.4 Å². The number of anilines is 1. The molecule has 2 aromatic carbocycles. The second kappa shape index (κ2) is 7.98. The molecule has 0 aliphatic rings. The average Bonchev–Trinajstić information content (AvgIpc) is 3.07. The fraction of sp³-hybridized carbons (Fsp3) is 0.217. The zero-order valence-corrected chi connectivity index (χ0v) is 17.2. The van der Waals surface area contributed by atoms with E-state index in [0.717, 1.165) is 21.6 Å². The highest BCUT2D eigenvalue weighted by molar-refractivity contribution is 7.18. The number of carbonyl (C=O) groups excluding carboxylic acids is 1. The minimum absolute atomic E-state index is 0.172. The van der Waals surface area contributed by atoms with Crippen LogP contribution in [0.15, 0.2) is 54.6 Å². The van der Waals surface area contributed by atoms with Gasteiger partial charge in [-0.15, -0.1) is 11.3 Å². The monoisotopic (exact) mass is 393 g/mol. The molecule has 0 radical (unpaired) electrons. The van der Waals surface area contributed by atoms with E-state index in [-0.39, 0.29) is 16.8 Å². The minimum Gasteiger partial charge on any atom is -0.477 e. The third-order valence-corrected chi connectivity index (χ3v) is 5.66. The number of carbonyl (C=O) groups is 2. The summed E-state index contributed by atoms with van der Waals surface area (Å²) in [6.07, 6.45) is 0. The Labute approximate surface area is 169 Å². The number of thiophene rings is 1. The highest BCUT2D eigenvalue weighted by atomic mass is 32.1. The van der Waals surface area contributed by atoms with Crippen molar-refractivity contribution < 1.29 is 14.7 Å². The summed E-state index contributed by atoms with van der Waals surface area (Å²) in [5.41, 5.74) is 4.09. The van der Waals surface area contributed by atoms with Crippen molar-refractivity contribution >= 4 is 28.9 Å². The predicted molar refractivity (Wildman–Crippen MR) is 115 cm³/mol. The van der Waals surface area contributed by atoms with Crippen molar-refractivity contribution in [3.05, 3.63) is 76.2 Å². The highest BCUT2D eigenvalue weighted by Gasteiger charge is 2.28. The van der Waals surface area contributed by atoms with Crippen molar-refractivity contribution in [1.82, 2.24) is 0 Å². The number of aryl methyl sites for hydroxylation is 2. The van der Waals surface area contributed by atoms with Gasteiger partial charge in [-0.2, -0.15) is 0 Å². The number of hydrogen-bond donors (Lipinski definition) is 1. The van der Waals surface area contributed by atoms with Gasteiger partial charge in [-0.1, -0.05) is 47.5 Å². The van der Waals surface area contributed by atoms with Crippen LogP contribution in [-0.2, 0) is 0 Å². The van der Waals surface area contributed by atoms with Crippen molar-refractivity contribution in [3.63, 3.8) is 0 Å². The Morgan fingerprint density at radius 3 is 2.21 bits per heavy atom. The predicted octanol–water partition coefficient (Wildman–Crippen LogP) is 5.79. The number of aromatic carboxylic acids is 1. The maximum absolute atomic E-state index is 13.2. The van der Waals surface area contributed by atoms with E-state index in [1.54, 1.807) is 17.0 Å². The maximum atomic E-state index is 13.2. The molecule has 0 spiro atoms. The van der Waals surface area contributed by atoms with Gasteiger partial charge in [-0.3, -0.25) is 4.79 Å². The summed E-state index contributed by atoms with van der Waals surface area (Å²) in [5.74, 6) is -1.23. The zero-order valence-electron chi connectivity index (χ0n) is 16.4. The molecule has 3 aromatic rings. The molecule has 0 fully saturated rings. The minimum atomic E-state index is -1.03. The van der Waals surface area contributed by atoms with Crippen LogP contribution in [0.25, 0.3) is 10.4 Å². The van der Waals surface area contributed by atoms with E-state index in [9.17, 15) is 14.7 Å². The van der Waals surface area contributed by atoms with Gasteiger partial charge >= 0.3 is 5.97 Å². The van der Waals surface area contributed by atoms with Gasteiger partial charge < -0.3 is 10.0 Å². The summed E-state index contributed by atoms with van der Waals surface area (Å²) in [6, 6.07) is 16.9. The normalized spacial score (nSPS) is 10.9. The standard InChI is InChI=1S/C23H23NO3S/c1-14(2)24(22(25)17-10-8-15(3)9-11-17)19-13-20(28-21(19)23(26)27)18-7-5-6-16(4)12-18/h5-14H,1-4H3,(H,26,27). The van der Waals surface area contributed by atoms with E-state index in [1.807, 2.05) is 70.2 Å². The van der Waals surface area contributed by atoms with Crippen LogP contribution in [0.3, 0.4) is 0 Å². The SMILES string of the molecule is Cc1ccc(C(=O)N(c2cc(-c3cccc(C)c3)sc2C(=O)O)C(C)C)cc1. The molecule has 1 heterocycles. The smallest absolute Gasteiger partial charge is 0.348 e. The van der Waals surface area contributed by atoms with E-state index in [4.69, 9.17) is 0 Å². The zero-order chi connectivity index (χ0) is 20.4. The lowest BCUT2D eigenvalue weighted by atomic mass is 10.1. The van der Waals surface area contributed by atoms with Crippen LogP contribution < -0.4 is 4.90 Å². The number of carboxylic acids is 1. The van der Waals surface area contributed by atoms with Crippen LogP contribution in [-0.4, -0.2) is 23.0 Å². The molecular weight excluding hydrogens is 370 g/mol. The first-order chi connectivity index (χ1) is 13.3. The van der Waals surface area contributed by atoms with Crippen LogP contribution in [0.4, 0.5) is 5.69 Å². The number of hydrogen-bond acceptors (Lipinski definition) is 3. The molecule has 0 bridgehead atoms. The van der Waals surface area contributed by atoms with Gasteiger partial charge in [-0.25, -0.2) is 4.79 Å². The summed E-state index contributed by atoms with van der Waals surface area (Å²) in [4.78, 5) is 27.7. The lowest BCUT2D eigenvalue weighted by Gasteiger charge is -2.26. The van der Waals surface area contributed by atoms with Crippen LogP contribution in [0.1, 0.15) is 45.0 Å². The first-order valence-corrected chi connectivity index (χ1v) is 9.94. The second-order valence-electron chi connectivity index (χ2n) is 7.13. The van der Waals surface area contributed by atoms with E-state index in [2.05, 4.69) is 0 Å². The fourth-order valence-corrected chi connectivity index (χ4v) is 4.10. The van der Waals surface area contributed by atoms with Gasteiger partial charge in [0.1, 0.15) is 4.88 Å². The number of carboxylic acid groups (broad SMARTS) is 1. The van der Waals surface area contributed by atoms with Gasteiger partial charge in [0.2, 0.25) is 0 Å². The van der Waals surface area contributed by atoms with Gasteiger partial charge in [0.15, 0.2) is 0 Å². The Morgan fingerprint density at radius 2 is 1.64 bits per heavy atom. The van der Waals surface area contributed by atoms with E-state index in [1.165, 1.54) is 11.3 Å². The Kier molecular flexibility index (Phi) is 5.66. The van der Waals surface area contributed by atoms with Gasteiger partial charge in [0, 0.05) is 16.5 Å². The summed E-state index contributed by atoms with van der Waals surface area (Å²) in [6.45, 7) is 7.74. The average molecular weight is 394 g/mol. The third-order valence-electron chi connectivity index (χ3n) is 4.50. The van der Waals surface area contributed by atoms with Crippen LogP contribution in [0.5, 0.6) is 0 Å². The number of benzene rings is 2. The topological polar surface area (TPSA) is 57.6 Å². The molecule has 0 atom stereocenters. The van der Waals surface area contributed by atoms with E-state index in [0.29, 0.717) is 11.3 Å². The molecule has 28 heavy (non-hydrogen) atoms. The molecule has 1 aromatic heterocycles. The quantitative estimate of drug-likeness (QED) is 0.597. The summed E-state index contributed by atoms with van der Waals surface area (Å²) in [5, 5.41) is 9.77. The molecule has 1 amide bonds. The molecule has 3 rings (SSSR count). The molecule has 5 heteroatoms. The molecule has 0 unspecified atom stereocenters. The van der Waals surface area contributed by atoms with Crippen LogP contribution in [0, 0.1) is 13.8 Å². The second-order valence-corrected chi connectivity index (χ2v) is 8.19. The lowest BCUT2D eigenvalue weighted by Crippen LogP contribution is -2.37. The lowest BCUT2D eigenvalue weighted by molar-refractivity contribution is 0.0703. The Morgan fingerprint density at radius 1 is 0.964 bits per heavy atom. The molecule has 0 aliphatic heterocycles. The van der Waals surface area contributed by atoms with Crippen molar-refractivity contribution in [2.75, 3.05) is 4.90 Å². The van der Waals surface area contributed by atoms with Crippen molar-refractivity contribution in [2.45, 2.75) is 33.7 Å². The molecule has 144 valence electrons. The maximum Gasteiger partial charge on any atom is 0.348 e. The molecule has 0 saturated heterocycles. The molecule has 0 aliphatic carbocycles. The third kappa shape index (κ3) is 3.99. The van der Waals surface area contributed by atoms with E-state index >= 15 is 0 Å². The van der Waals surface area contributed by atoms with Gasteiger partial charge in [0.05, 0.1) is 5.69 Å². The Balaban J connectivity index is 2.11. The van der Waals surface area contributed by atoms with Crippen LogP contribution in [0.2, 0.25) is 0 Å². The fourth-order valence-electron chi connectivity index (χ4n) is 3.11. The highest BCUT2D eigenvalue weighted by Crippen LogP contribution is 2.38. The Hall–Kier alpha value is -2.92. The Bertz CT molecular complexity index is 1020. The largest absolute Gasteiger partial charge is 0.477 e. The van der Waals surface area contributed by atoms with Gasteiger partial charge in [-0.05, 0) is 51.5 Å². The first-order valence-electron chi connectivity index (χ1n) is 9.12. The molecule has 0 saturated carbocycles. The van der Waals surface area contributed by atoms with Crippen LogP contribution >= 0.6 is 11.3 Å². The molecule has 1 N–H and O–H groups in total. The van der Waals surface area contributed by atoms with E-state index < -0.39 is 5.97 Å². The molecule has 4 nitrogen and oxygen atoms in total. The number of rotatable bonds is 5. The number of nitrogens with zero attached hydrogens (tertiary/aromatic N) is 1. The first kappa shape index (κ1) is 19.8.